The first-order chi connectivity index (χ1) is 12.0. The minimum absolute atomic E-state index is 0.460. The Morgan fingerprint density at radius 3 is 2.12 bits per heavy atom. The van der Waals surface area contributed by atoms with E-state index in [1.165, 1.54) is 29.7 Å². The molecule has 0 amide bonds. The van der Waals surface area contributed by atoms with Gasteiger partial charge >= 0.3 is 0 Å². The quantitative estimate of drug-likeness (QED) is 0.795. The molecule has 2 heterocycles. The lowest BCUT2D eigenvalue weighted by Gasteiger charge is -2.22. The van der Waals surface area contributed by atoms with Crippen LogP contribution in [0.4, 0.5) is 17.5 Å². The number of hydrogen-bond donors (Lipinski definition) is 1. The standard InChI is InChI=1S/C21H30N4/c1-14(2)17-9-8-10-18(15(3)4)20(17)23-19-13-16(5)22-21(24-19)25-11-6-7-12-25/h8-10,13-15H,6-7,11-12H2,1-5H3,(H,22,23,24). The number of aromatic nitrogens is 2. The molecule has 1 aliphatic rings. The van der Waals surface area contributed by atoms with E-state index in [1.807, 2.05) is 13.0 Å². The van der Waals surface area contributed by atoms with E-state index in [2.05, 4.69) is 61.1 Å². The molecule has 1 aliphatic heterocycles. The molecule has 3 rings (SSSR count). The monoisotopic (exact) mass is 338 g/mol. The van der Waals surface area contributed by atoms with E-state index in [-0.39, 0.29) is 0 Å². The Morgan fingerprint density at radius 2 is 1.56 bits per heavy atom. The van der Waals surface area contributed by atoms with Crippen LogP contribution in [0.1, 0.15) is 69.2 Å². The second-order valence-electron chi connectivity index (χ2n) is 7.63. The van der Waals surface area contributed by atoms with E-state index in [9.17, 15) is 0 Å². The second kappa shape index (κ2) is 7.42. The molecule has 1 saturated heterocycles. The van der Waals surface area contributed by atoms with Gasteiger partial charge in [-0.1, -0.05) is 45.9 Å². The molecule has 0 saturated carbocycles. The van der Waals surface area contributed by atoms with Gasteiger partial charge in [-0.05, 0) is 42.7 Å². The maximum Gasteiger partial charge on any atom is 0.227 e. The third-order valence-electron chi connectivity index (χ3n) is 4.86. The molecule has 134 valence electrons. The van der Waals surface area contributed by atoms with Crippen LogP contribution in [0.25, 0.3) is 0 Å². The summed E-state index contributed by atoms with van der Waals surface area (Å²) in [6.07, 6.45) is 2.46. The van der Waals surface area contributed by atoms with Crippen LogP contribution in [-0.4, -0.2) is 23.1 Å². The maximum absolute atomic E-state index is 4.82. The van der Waals surface area contributed by atoms with Crippen molar-refractivity contribution in [3.05, 3.63) is 41.1 Å². The molecule has 4 heteroatoms. The van der Waals surface area contributed by atoms with Crippen LogP contribution in [0.3, 0.4) is 0 Å². The zero-order valence-corrected chi connectivity index (χ0v) is 16.1. The fourth-order valence-corrected chi connectivity index (χ4v) is 3.50. The van der Waals surface area contributed by atoms with Crippen molar-refractivity contribution in [1.29, 1.82) is 0 Å². The Bertz CT molecular complexity index is 704. The third kappa shape index (κ3) is 3.94. The summed E-state index contributed by atoms with van der Waals surface area (Å²) in [5.74, 6) is 2.67. The van der Waals surface area contributed by atoms with E-state index in [0.29, 0.717) is 11.8 Å². The lowest BCUT2D eigenvalue weighted by atomic mass is 9.92. The van der Waals surface area contributed by atoms with E-state index in [1.54, 1.807) is 0 Å². The third-order valence-corrected chi connectivity index (χ3v) is 4.86. The number of rotatable bonds is 5. The predicted molar refractivity (Wildman–Crippen MR) is 106 cm³/mol. The van der Waals surface area contributed by atoms with Gasteiger partial charge in [0, 0.05) is 30.5 Å². The largest absolute Gasteiger partial charge is 0.341 e. The highest BCUT2D eigenvalue weighted by molar-refractivity contribution is 5.67. The molecular weight excluding hydrogens is 308 g/mol. The Balaban J connectivity index is 1.99. The summed E-state index contributed by atoms with van der Waals surface area (Å²) in [5, 5.41) is 3.63. The van der Waals surface area contributed by atoms with Crippen LogP contribution in [0.2, 0.25) is 0 Å². The summed E-state index contributed by atoms with van der Waals surface area (Å²) >= 11 is 0. The van der Waals surface area contributed by atoms with E-state index in [4.69, 9.17) is 4.98 Å². The summed E-state index contributed by atoms with van der Waals surface area (Å²) in [7, 11) is 0. The van der Waals surface area contributed by atoms with Crippen molar-refractivity contribution in [2.45, 2.75) is 59.3 Å². The molecule has 25 heavy (non-hydrogen) atoms. The predicted octanol–water partition coefficient (Wildman–Crippen LogP) is 5.38. The van der Waals surface area contributed by atoms with E-state index in [0.717, 1.165) is 30.5 Å². The van der Waals surface area contributed by atoms with Gasteiger partial charge in [0.15, 0.2) is 0 Å². The summed E-state index contributed by atoms with van der Waals surface area (Å²) in [6, 6.07) is 8.64. The van der Waals surface area contributed by atoms with Crippen LogP contribution < -0.4 is 10.2 Å². The minimum atomic E-state index is 0.460. The first-order valence-corrected chi connectivity index (χ1v) is 9.46. The molecule has 1 aromatic heterocycles. The highest BCUT2D eigenvalue weighted by atomic mass is 15.3. The Kier molecular flexibility index (Phi) is 5.26. The van der Waals surface area contributed by atoms with E-state index >= 15 is 0 Å². The number of anilines is 3. The van der Waals surface area contributed by atoms with Gasteiger partial charge < -0.3 is 10.2 Å². The van der Waals surface area contributed by atoms with Crippen LogP contribution in [0, 0.1) is 6.92 Å². The van der Waals surface area contributed by atoms with Crippen molar-refractivity contribution in [2.75, 3.05) is 23.3 Å². The van der Waals surface area contributed by atoms with Crippen LogP contribution in [0.5, 0.6) is 0 Å². The fourth-order valence-electron chi connectivity index (χ4n) is 3.50. The fraction of sp³-hybridized carbons (Fsp3) is 0.524. The first kappa shape index (κ1) is 17.7. The molecule has 2 aromatic rings. The van der Waals surface area contributed by atoms with Crippen LogP contribution >= 0.6 is 0 Å². The highest BCUT2D eigenvalue weighted by Gasteiger charge is 2.18. The van der Waals surface area contributed by atoms with E-state index < -0.39 is 0 Å². The molecule has 1 N–H and O–H groups in total. The van der Waals surface area contributed by atoms with Gasteiger partial charge in [-0.25, -0.2) is 4.98 Å². The van der Waals surface area contributed by atoms with Crippen LogP contribution in [-0.2, 0) is 0 Å². The van der Waals surface area contributed by atoms with Gasteiger partial charge in [0.2, 0.25) is 5.95 Å². The number of hydrogen-bond acceptors (Lipinski definition) is 4. The van der Waals surface area contributed by atoms with Gasteiger partial charge in [-0.15, -0.1) is 0 Å². The Hall–Kier alpha value is -2.10. The maximum atomic E-state index is 4.82. The van der Waals surface area contributed by atoms with Crippen molar-refractivity contribution in [3.63, 3.8) is 0 Å². The highest BCUT2D eigenvalue weighted by Crippen LogP contribution is 2.34. The first-order valence-electron chi connectivity index (χ1n) is 9.46. The zero-order chi connectivity index (χ0) is 18.0. The summed E-state index contributed by atoms with van der Waals surface area (Å²) in [6.45, 7) is 13.1. The molecule has 0 aliphatic carbocycles. The summed E-state index contributed by atoms with van der Waals surface area (Å²) in [5.41, 5.74) is 4.89. The van der Waals surface area contributed by atoms with Crippen molar-refractivity contribution in [2.24, 2.45) is 0 Å². The van der Waals surface area contributed by atoms with Crippen molar-refractivity contribution < 1.29 is 0 Å². The summed E-state index contributed by atoms with van der Waals surface area (Å²) in [4.78, 5) is 11.8. The molecule has 0 unspecified atom stereocenters. The lowest BCUT2D eigenvalue weighted by molar-refractivity contribution is 0.837. The SMILES string of the molecule is Cc1cc(Nc2c(C(C)C)cccc2C(C)C)nc(N2CCCC2)n1. The molecule has 4 nitrogen and oxygen atoms in total. The zero-order valence-electron chi connectivity index (χ0n) is 16.1. The molecule has 0 atom stereocenters. The second-order valence-corrected chi connectivity index (χ2v) is 7.63. The normalized spacial score (nSPS) is 14.6. The van der Waals surface area contributed by atoms with Gasteiger partial charge in [0.25, 0.3) is 0 Å². The molecule has 0 bridgehead atoms. The van der Waals surface area contributed by atoms with Crippen LogP contribution in [0.15, 0.2) is 24.3 Å². The van der Waals surface area contributed by atoms with Gasteiger partial charge in [-0.2, -0.15) is 4.98 Å². The number of nitrogens with one attached hydrogen (secondary N) is 1. The minimum Gasteiger partial charge on any atom is -0.341 e. The molecule has 1 fully saturated rings. The number of para-hydroxylation sites is 1. The number of nitrogens with zero attached hydrogens (tertiary/aromatic N) is 3. The average molecular weight is 338 g/mol. The Labute approximate surface area is 151 Å². The smallest absolute Gasteiger partial charge is 0.227 e. The lowest BCUT2D eigenvalue weighted by Crippen LogP contribution is -2.21. The van der Waals surface area contributed by atoms with Gasteiger partial charge in [0.1, 0.15) is 5.82 Å². The van der Waals surface area contributed by atoms with Gasteiger partial charge in [-0.3, -0.25) is 0 Å². The number of aryl methyl sites for hydroxylation is 1. The Morgan fingerprint density at radius 1 is 0.960 bits per heavy atom. The molecule has 0 radical (unpaired) electrons. The molecule has 1 aromatic carbocycles. The average Bonchev–Trinajstić information content (AvgIpc) is 3.08. The summed E-state index contributed by atoms with van der Waals surface area (Å²) < 4.78 is 0. The molecular formula is C21H30N4. The van der Waals surface area contributed by atoms with Crippen molar-refractivity contribution in [3.8, 4) is 0 Å². The van der Waals surface area contributed by atoms with Gasteiger partial charge in [0.05, 0.1) is 0 Å². The topological polar surface area (TPSA) is 41.1 Å². The molecule has 0 spiro atoms. The number of benzene rings is 1. The van der Waals surface area contributed by atoms with Crippen molar-refractivity contribution in [1.82, 2.24) is 9.97 Å². The van der Waals surface area contributed by atoms with Crippen molar-refractivity contribution >= 4 is 17.5 Å².